The number of carboxylic acid groups (broad SMARTS) is 1. The zero-order valence-electron chi connectivity index (χ0n) is 11.5. The Morgan fingerprint density at radius 1 is 1.05 bits per heavy atom. The van der Waals surface area contributed by atoms with Crippen molar-refractivity contribution < 1.29 is 14.6 Å². The van der Waals surface area contributed by atoms with Crippen molar-refractivity contribution in [2.45, 2.75) is 19.4 Å². The van der Waals surface area contributed by atoms with E-state index in [1.165, 1.54) is 3.57 Å². The lowest BCUT2D eigenvalue weighted by Gasteiger charge is -2.12. The summed E-state index contributed by atoms with van der Waals surface area (Å²) in [5.41, 5.74) is 2.16. The third kappa shape index (κ3) is 5.52. The zero-order valence-corrected chi connectivity index (χ0v) is 18.0. The van der Waals surface area contributed by atoms with Crippen molar-refractivity contribution in [1.29, 1.82) is 0 Å². The van der Waals surface area contributed by atoms with Gasteiger partial charge in [-0.25, -0.2) is 0 Å². The minimum atomic E-state index is -0.774. The van der Waals surface area contributed by atoms with Crippen LogP contribution in [-0.4, -0.2) is 11.1 Å². The van der Waals surface area contributed by atoms with E-state index in [1.807, 2.05) is 24.3 Å². The maximum absolute atomic E-state index is 10.7. The summed E-state index contributed by atoms with van der Waals surface area (Å²) in [5.74, 6) is 0.0863. The lowest BCUT2D eigenvalue weighted by molar-refractivity contribution is -0.136. The molecule has 2 aromatic carbocycles. The number of hydrogen-bond donors (Lipinski definition) is 1. The van der Waals surface area contributed by atoms with E-state index in [0.29, 0.717) is 13.0 Å². The molecule has 0 spiro atoms. The SMILES string of the molecule is O=C(O)CCc1cc(I)c(OCc2cccc(I)c2)c(I)c1. The van der Waals surface area contributed by atoms with Crippen molar-refractivity contribution in [1.82, 2.24) is 0 Å². The molecule has 0 aliphatic carbocycles. The Morgan fingerprint density at radius 3 is 2.32 bits per heavy atom. The molecule has 22 heavy (non-hydrogen) atoms. The third-order valence-corrected chi connectivity index (χ3v) is 5.23. The molecule has 116 valence electrons. The molecule has 0 atom stereocenters. The van der Waals surface area contributed by atoms with Crippen molar-refractivity contribution in [2.24, 2.45) is 0 Å². The molecule has 0 saturated heterocycles. The van der Waals surface area contributed by atoms with Crippen LogP contribution < -0.4 is 4.74 Å². The minimum absolute atomic E-state index is 0.148. The number of ether oxygens (including phenoxy) is 1. The standard InChI is InChI=1S/C16H13I3O3/c17-12-3-1-2-11(6-12)9-22-16-13(18)7-10(8-14(16)19)4-5-15(20)21/h1-3,6-8H,4-5,9H2,(H,20,21). The number of hydrogen-bond acceptors (Lipinski definition) is 2. The molecule has 0 aliphatic heterocycles. The van der Waals surface area contributed by atoms with Gasteiger partial charge < -0.3 is 9.84 Å². The van der Waals surface area contributed by atoms with Crippen LogP contribution in [0.5, 0.6) is 5.75 Å². The number of aliphatic carboxylic acids is 1. The third-order valence-electron chi connectivity index (χ3n) is 2.96. The lowest BCUT2D eigenvalue weighted by Crippen LogP contribution is -2.02. The first kappa shape index (κ1) is 18.2. The van der Waals surface area contributed by atoms with E-state index < -0.39 is 5.97 Å². The van der Waals surface area contributed by atoms with E-state index in [-0.39, 0.29) is 6.42 Å². The maximum Gasteiger partial charge on any atom is 0.303 e. The van der Waals surface area contributed by atoms with E-state index in [2.05, 4.69) is 79.9 Å². The molecule has 0 aromatic heterocycles. The van der Waals surface area contributed by atoms with Crippen molar-refractivity contribution in [2.75, 3.05) is 0 Å². The molecule has 0 fully saturated rings. The molecular weight excluding hydrogens is 621 g/mol. The van der Waals surface area contributed by atoms with Gasteiger partial charge in [0, 0.05) is 9.99 Å². The zero-order chi connectivity index (χ0) is 16.1. The molecule has 2 rings (SSSR count). The van der Waals surface area contributed by atoms with E-state index in [0.717, 1.165) is 24.0 Å². The number of carbonyl (C=O) groups is 1. The van der Waals surface area contributed by atoms with E-state index in [1.54, 1.807) is 0 Å². The van der Waals surface area contributed by atoms with Crippen LogP contribution in [0, 0.1) is 10.7 Å². The number of halogens is 3. The molecule has 6 heteroatoms. The van der Waals surface area contributed by atoms with Gasteiger partial charge in [-0.2, -0.15) is 0 Å². The topological polar surface area (TPSA) is 46.5 Å². The summed E-state index contributed by atoms with van der Waals surface area (Å²) >= 11 is 6.76. The average molecular weight is 634 g/mol. The molecule has 1 N–H and O–H groups in total. The predicted octanol–water partition coefficient (Wildman–Crippen LogP) is 5.10. The molecule has 0 aliphatic rings. The van der Waals surface area contributed by atoms with Gasteiger partial charge in [0.05, 0.1) is 7.14 Å². The summed E-state index contributed by atoms with van der Waals surface area (Å²) in [6.45, 7) is 0.525. The van der Waals surface area contributed by atoms with Gasteiger partial charge in [-0.15, -0.1) is 0 Å². The van der Waals surface area contributed by atoms with Gasteiger partial charge in [0.1, 0.15) is 12.4 Å². The normalized spacial score (nSPS) is 10.5. The Morgan fingerprint density at radius 2 is 1.73 bits per heavy atom. The summed E-state index contributed by atoms with van der Waals surface area (Å²) in [6, 6.07) is 12.2. The number of aryl methyl sites for hydroxylation is 1. The Labute approximate surface area is 170 Å². The monoisotopic (exact) mass is 634 g/mol. The highest BCUT2D eigenvalue weighted by Gasteiger charge is 2.10. The van der Waals surface area contributed by atoms with Crippen LogP contribution in [0.2, 0.25) is 0 Å². The van der Waals surface area contributed by atoms with Crippen molar-refractivity contribution in [3.63, 3.8) is 0 Å². The van der Waals surface area contributed by atoms with Crippen molar-refractivity contribution in [3.05, 3.63) is 58.2 Å². The lowest BCUT2D eigenvalue weighted by atomic mass is 10.1. The van der Waals surface area contributed by atoms with Crippen LogP contribution in [0.3, 0.4) is 0 Å². The second-order valence-corrected chi connectivity index (χ2v) is 8.27. The van der Waals surface area contributed by atoms with Gasteiger partial charge in [0.2, 0.25) is 0 Å². The molecule has 0 amide bonds. The van der Waals surface area contributed by atoms with E-state index in [9.17, 15) is 4.79 Å². The predicted molar refractivity (Wildman–Crippen MR) is 111 cm³/mol. The highest BCUT2D eigenvalue weighted by molar-refractivity contribution is 14.1. The van der Waals surface area contributed by atoms with Gasteiger partial charge in [-0.3, -0.25) is 4.79 Å². The molecular formula is C16H13I3O3. The quantitative estimate of drug-likeness (QED) is 0.451. The van der Waals surface area contributed by atoms with Crippen LogP contribution in [0.15, 0.2) is 36.4 Å². The number of carboxylic acids is 1. The summed E-state index contributed by atoms with van der Waals surface area (Å²) in [4.78, 5) is 10.7. The number of benzene rings is 2. The molecule has 0 unspecified atom stereocenters. The van der Waals surface area contributed by atoms with E-state index >= 15 is 0 Å². The van der Waals surface area contributed by atoms with Crippen molar-refractivity contribution >= 4 is 73.7 Å². The molecule has 0 heterocycles. The smallest absolute Gasteiger partial charge is 0.303 e. The first-order chi connectivity index (χ1) is 10.5. The minimum Gasteiger partial charge on any atom is -0.487 e. The summed E-state index contributed by atoms with van der Waals surface area (Å²) in [7, 11) is 0. The molecule has 2 aromatic rings. The summed E-state index contributed by atoms with van der Waals surface area (Å²) < 4.78 is 9.16. The first-order valence-corrected chi connectivity index (χ1v) is 9.76. The molecule has 0 bridgehead atoms. The Balaban J connectivity index is 2.09. The highest BCUT2D eigenvalue weighted by atomic mass is 127. The fourth-order valence-corrected chi connectivity index (χ4v) is 4.74. The molecule has 0 saturated carbocycles. The maximum atomic E-state index is 10.7. The second kappa shape index (κ2) is 8.67. The largest absolute Gasteiger partial charge is 0.487 e. The van der Waals surface area contributed by atoms with Crippen molar-refractivity contribution in [3.8, 4) is 5.75 Å². The van der Waals surface area contributed by atoms with E-state index in [4.69, 9.17) is 9.84 Å². The van der Waals surface area contributed by atoms with Crippen LogP contribution in [0.4, 0.5) is 0 Å². The Bertz CT molecular complexity index is 663. The molecule has 0 radical (unpaired) electrons. The van der Waals surface area contributed by atoms with Gasteiger partial charge in [-0.05, 0) is 110 Å². The van der Waals surface area contributed by atoms with Gasteiger partial charge in [0.15, 0.2) is 0 Å². The second-order valence-electron chi connectivity index (χ2n) is 4.70. The summed E-state index contributed by atoms with van der Waals surface area (Å²) in [6.07, 6.45) is 0.688. The van der Waals surface area contributed by atoms with Crippen LogP contribution in [-0.2, 0) is 17.8 Å². The first-order valence-electron chi connectivity index (χ1n) is 6.52. The number of rotatable bonds is 6. The van der Waals surface area contributed by atoms with Crippen LogP contribution >= 0.6 is 67.8 Å². The Hall–Kier alpha value is -0.100. The fraction of sp³-hybridized carbons (Fsp3) is 0.188. The summed E-state index contributed by atoms with van der Waals surface area (Å²) in [5, 5.41) is 8.77. The highest BCUT2D eigenvalue weighted by Crippen LogP contribution is 2.30. The van der Waals surface area contributed by atoms with Crippen LogP contribution in [0.25, 0.3) is 0 Å². The fourth-order valence-electron chi connectivity index (χ4n) is 1.93. The Kier molecular flexibility index (Phi) is 7.19. The van der Waals surface area contributed by atoms with Gasteiger partial charge >= 0.3 is 5.97 Å². The molecule has 3 nitrogen and oxygen atoms in total. The van der Waals surface area contributed by atoms with Gasteiger partial charge in [0.25, 0.3) is 0 Å². The average Bonchev–Trinajstić information content (AvgIpc) is 2.44. The van der Waals surface area contributed by atoms with Crippen LogP contribution in [0.1, 0.15) is 17.5 Å². The van der Waals surface area contributed by atoms with Gasteiger partial charge in [-0.1, -0.05) is 12.1 Å².